The van der Waals surface area contributed by atoms with Crippen molar-refractivity contribution in [3.63, 3.8) is 0 Å². The summed E-state index contributed by atoms with van der Waals surface area (Å²) in [6, 6.07) is 5.52. The summed E-state index contributed by atoms with van der Waals surface area (Å²) >= 11 is 0. The van der Waals surface area contributed by atoms with Gasteiger partial charge in [-0.05, 0) is 42.9 Å². The molecule has 0 heterocycles. The molecule has 0 aliphatic heterocycles. The van der Waals surface area contributed by atoms with E-state index in [2.05, 4.69) is 26.1 Å². The first kappa shape index (κ1) is 13.0. The van der Waals surface area contributed by atoms with Crippen molar-refractivity contribution >= 4 is 5.69 Å². The van der Waals surface area contributed by atoms with E-state index in [9.17, 15) is 4.39 Å². The largest absolute Gasteiger partial charge is 0.383 e. The third-order valence-corrected chi connectivity index (χ3v) is 2.61. The van der Waals surface area contributed by atoms with Crippen molar-refractivity contribution in [3.05, 3.63) is 29.6 Å². The molecule has 0 unspecified atom stereocenters. The zero-order valence-electron chi connectivity index (χ0n) is 10.5. The Balaban J connectivity index is 2.59. The highest BCUT2D eigenvalue weighted by atomic mass is 19.1. The van der Waals surface area contributed by atoms with Crippen molar-refractivity contribution in [2.75, 3.05) is 11.9 Å². The van der Waals surface area contributed by atoms with E-state index in [4.69, 9.17) is 0 Å². The Kier molecular flexibility index (Phi) is 5.30. The lowest BCUT2D eigenvalue weighted by molar-refractivity contribution is 0.582. The smallest absolute Gasteiger partial charge is 0.146 e. The molecule has 0 aliphatic rings. The number of nitrogens with one attached hydrogen (secondary N) is 1. The lowest BCUT2D eigenvalue weighted by Crippen LogP contribution is -2.02. The highest BCUT2D eigenvalue weighted by molar-refractivity contribution is 5.46. The van der Waals surface area contributed by atoms with Gasteiger partial charge in [0.25, 0.3) is 0 Å². The van der Waals surface area contributed by atoms with Crippen LogP contribution in [0.25, 0.3) is 0 Å². The molecule has 1 nitrogen and oxygen atoms in total. The van der Waals surface area contributed by atoms with E-state index >= 15 is 0 Å². The van der Waals surface area contributed by atoms with Crippen molar-refractivity contribution in [1.82, 2.24) is 0 Å². The molecule has 0 saturated carbocycles. The first-order chi connectivity index (χ1) is 7.63. The predicted octanol–water partition coefficient (Wildman–Crippen LogP) is 4.24. The van der Waals surface area contributed by atoms with Gasteiger partial charge >= 0.3 is 0 Å². The second-order valence-corrected chi connectivity index (χ2v) is 4.67. The lowest BCUT2D eigenvalue weighted by atomic mass is 10.0. The number of hydrogen-bond acceptors (Lipinski definition) is 1. The summed E-state index contributed by atoms with van der Waals surface area (Å²) in [5, 5.41) is 3.08. The van der Waals surface area contributed by atoms with E-state index in [1.807, 2.05) is 12.1 Å². The van der Waals surface area contributed by atoms with Crippen molar-refractivity contribution in [2.24, 2.45) is 5.92 Å². The van der Waals surface area contributed by atoms with E-state index in [1.165, 1.54) is 0 Å². The lowest BCUT2D eigenvalue weighted by Gasteiger charge is -2.09. The van der Waals surface area contributed by atoms with Gasteiger partial charge < -0.3 is 5.32 Å². The number of anilines is 1. The summed E-state index contributed by atoms with van der Waals surface area (Å²) < 4.78 is 13.6. The molecule has 0 amide bonds. The molecule has 0 aromatic heterocycles. The minimum atomic E-state index is -0.130. The molecule has 1 aromatic rings. The maximum atomic E-state index is 13.6. The Labute approximate surface area is 98.1 Å². The molecule has 0 atom stereocenters. The fourth-order valence-electron chi connectivity index (χ4n) is 1.57. The highest BCUT2D eigenvalue weighted by Crippen LogP contribution is 2.17. The van der Waals surface area contributed by atoms with E-state index in [0.29, 0.717) is 11.6 Å². The Morgan fingerprint density at radius 1 is 1.31 bits per heavy atom. The monoisotopic (exact) mass is 223 g/mol. The quantitative estimate of drug-likeness (QED) is 0.760. The number of benzene rings is 1. The van der Waals surface area contributed by atoms with Gasteiger partial charge in [-0.15, -0.1) is 0 Å². The van der Waals surface area contributed by atoms with E-state index in [-0.39, 0.29) is 5.82 Å². The van der Waals surface area contributed by atoms with Crippen molar-refractivity contribution in [2.45, 2.75) is 40.0 Å². The number of rotatable bonds is 6. The van der Waals surface area contributed by atoms with Gasteiger partial charge in [-0.3, -0.25) is 0 Å². The number of aryl methyl sites for hydroxylation is 1. The average Bonchev–Trinajstić information content (AvgIpc) is 2.25. The van der Waals surface area contributed by atoms with Crippen LogP contribution in [0, 0.1) is 11.7 Å². The maximum absolute atomic E-state index is 13.6. The molecule has 0 spiro atoms. The third kappa shape index (κ3) is 4.21. The van der Waals surface area contributed by atoms with E-state index < -0.39 is 0 Å². The van der Waals surface area contributed by atoms with Gasteiger partial charge in [0.1, 0.15) is 5.82 Å². The summed E-state index contributed by atoms with van der Waals surface area (Å²) in [6.45, 7) is 7.27. The van der Waals surface area contributed by atoms with Gasteiger partial charge in [-0.1, -0.05) is 26.8 Å². The SMILES string of the molecule is CCCNc1ccc(CCC(C)C)cc1F. The minimum Gasteiger partial charge on any atom is -0.383 e. The zero-order chi connectivity index (χ0) is 12.0. The molecule has 2 heteroatoms. The Morgan fingerprint density at radius 3 is 2.62 bits per heavy atom. The first-order valence-electron chi connectivity index (χ1n) is 6.15. The summed E-state index contributed by atoms with van der Waals surface area (Å²) in [6.07, 6.45) is 3.08. The van der Waals surface area contributed by atoms with Crippen LogP contribution in [0.3, 0.4) is 0 Å². The van der Waals surface area contributed by atoms with Gasteiger partial charge in [-0.2, -0.15) is 0 Å². The third-order valence-electron chi connectivity index (χ3n) is 2.61. The van der Waals surface area contributed by atoms with Crippen molar-refractivity contribution in [3.8, 4) is 0 Å². The minimum absolute atomic E-state index is 0.130. The van der Waals surface area contributed by atoms with Crippen LogP contribution in [0.1, 0.15) is 39.2 Å². The molecule has 1 rings (SSSR count). The van der Waals surface area contributed by atoms with Gasteiger partial charge in [0.15, 0.2) is 0 Å². The molecule has 1 aromatic carbocycles. The van der Waals surface area contributed by atoms with Crippen LogP contribution >= 0.6 is 0 Å². The molecule has 0 saturated heterocycles. The van der Waals surface area contributed by atoms with Crippen LogP contribution in [0.5, 0.6) is 0 Å². The molecule has 90 valence electrons. The second kappa shape index (κ2) is 6.51. The zero-order valence-corrected chi connectivity index (χ0v) is 10.5. The highest BCUT2D eigenvalue weighted by Gasteiger charge is 2.03. The first-order valence-corrected chi connectivity index (χ1v) is 6.15. The van der Waals surface area contributed by atoms with Crippen LogP contribution in [0.15, 0.2) is 18.2 Å². The standard InChI is InChI=1S/C14H22FN/c1-4-9-16-14-8-7-12(10-13(14)15)6-5-11(2)3/h7-8,10-11,16H,4-6,9H2,1-3H3. The van der Waals surface area contributed by atoms with Crippen molar-refractivity contribution in [1.29, 1.82) is 0 Å². The Hall–Kier alpha value is -1.05. The molecular weight excluding hydrogens is 201 g/mol. The Morgan fingerprint density at radius 2 is 2.06 bits per heavy atom. The number of hydrogen-bond donors (Lipinski definition) is 1. The normalized spacial score (nSPS) is 10.8. The molecule has 0 bridgehead atoms. The topological polar surface area (TPSA) is 12.0 Å². The second-order valence-electron chi connectivity index (χ2n) is 4.67. The molecule has 0 aliphatic carbocycles. The Bertz CT molecular complexity index is 321. The van der Waals surface area contributed by atoms with Crippen LogP contribution in [-0.4, -0.2) is 6.54 Å². The van der Waals surface area contributed by atoms with E-state index in [1.54, 1.807) is 6.07 Å². The summed E-state index contributed by atoms with van der Waals surface area (Å²) in [4.78, 5) is 0. The van der Waals surface area contributed by atoms with Gasteiger partial charge in [-0.25, -0.2) is 4.39 Å². The molecule has 16 heavy (non-hydrogen) atoms. The van der Waals surface area contributed by atoms with Gasteiger partial charge in [0, 0.05) is 6.54 Å². The maximum Gasteiger partial charge on any atom is 0.146 e. The van der Waals surface area contributed by atoms with Crippen LogP contribution in [-0.2, 0) is 6.42 Å². The van der Waals surface area contributed by atoms with E-state index in [0.717, 1.165) is 31.4 Å². The predicted molar refractivity (Wildman–Crippen MR) is 68.3 cm³/mol. The number of halogens is 1. The van der Waals surface area contributed by atoms with Crippen LogP contribution in [0.2, 0.25) is 0 Å². The fraction of sp³-hybridized carbons (Fsp3) is 0.571. The van der Waals surface area contributed by atoms with Crippen LogP contribution < -0.4 is 5.32 Å². The van der Waals surface area contributed by atoms with Gasteiger partial charge in [0.05, 0.1) is 5.69 Å². The van der Waals surface area contributed by atoms with Gasteiger partial charge in [0.2, 0.25) is 0 Å². The van der Waals surface area contributed by atoms with Crippen molar-refractivity contribution < 1.29 is 4.39 Å². The fourth-order valence-corrected chi connectivity index (χ4v) is 1.57. The molecule has 1 N–H and O–H groups in total. The summed E-state index contributed by atoms with van der Waals surface area (Å²) in [7, 11) is 0. The molecule has 0 fully saturated rings. The summed E-state index contributed by atoms with van der Waals surface area (Å²) in [5.41, 5.74) is 1.71. The van der Waals surface area contributed by atoms with Crippen LogP contribution in [0.4, 0.5) is 10.1 Å². The molecule has 0 radical (unpaired) electrons. The summed E-state index contributed by atoms with van der Waals surface area (Å²) in [5.74, 6) is 0.538. The molecular formula is C14H22FN. The average molecular weight is 223 g/mol.